The fourth-order valence-electron chi connectivity index (χ4n) is 3.22. The highest BCUT2D eigenvalue weighted by atomic mass is 35.5. The van der Waals surface area contributed by atoms with Crippen LogP contribution >= 0.6 is 11.6 Å². The second-order valence-electron chi connectivity index (χ2n) is 7.32. The lowest BCUT2D eigenvalue weighted by Gasteiger charge is -2.12. The highest BCUT2D eigenvalue weighted by Crippen LogP contribution is 2.37. The third-order valence-corrected chi connectivity index (χ3v) is 7.07. The molecule has 0 saturated carbocycles. The quantitative estimate of drug-likeness (QED) is 0.348. The first-order chi connectivity index (χ1) is 16.6. The Morgan fingerprint density at radius 3 is 2.22 bits per heavy atom. The number of sulfone groups is 1. The summed E-state index contributed by atoms with van der Waals surface area (Å²) < 4.78 is 105. The summed E-state index contributed by atoms with van der Waals surface area (Å²) in [6.45, 7) is 1.30. The van der Waals surface area contributed by atoms with E-state index in [1.807, 2.05) is 0 Å². The molecule has 8 nitrogen and oxygen atoms in total. The lowest BCUT2D eigenvalue weighted by Crippen LogP contribution is -2.25. The van der Waals surface area contributed by atoms with E-state index in [0.717, 1.165) is 36.5 Å². The number of pyridine rings is 1. The van der Waals surface area contributed by atoms with E-state index in [1.54, 1.807) is 0 Å². The van der Waals surface area contributed by atoms with Gasteiger partial charge in [-0.25, -0.2) is 18.2 Å². The van der Waals surface area contributed by atoms with E-state index < -0.39 is 60.6 Å². The van der Waals surface area contributed by atoms with Crippen molar-refractivity contribution in [3.05, 3.63) is 69.4 Å². The van der Waals surface area contributed by atoms with E-state index in [4.69, 9.17) is 11.6 Å². The molecule has 0 spiro atoms. The zero-order valence-electron chi connectivity index (χ0n) is 17.8. The maximum Gasteiger partial charge on any atom is 0.435 e. The van der Waals surface area contributed by atoms with Gasteiger partial charge in [-0.15, -0.1) is 5.10 Å². The third-order valence-electron chi connectivity index (χ3n) is 5.03. The molecule has 0 N–H and O–H groups in total. The number of alkyl halides is 6. The molecule has 0 saturated heterocycles. The molecule has 4 rings (SSSR count). The van der Waals surface area contributed by atoms with Crippen LogP contribution in [-0.2, 0) is 22.2 Å². The van der Waals surface area contributed by atoms with Crippen molar-refractivity contribution in [1.29, 1.82) is 0 Å². The van der Waals surface area contributed by atoms with Gasteiger partial charge in [0.15, 0.2) is 27.0 Å². The third kappa shape index (κ3) is 4.55. The summed E-state index contributed by atoms with van der Waals surface area (Å²) >= 11 is 5.75. The molecule has 3 aromatic heterocycles. The Labute approximate surface area is 202 Å². The van der Waals surface area contributed by atoms with Crippen molar-refractivity contribution in [3.63, 3.8) is 0 Å². The van der Waals surface area contributed by atoms with E-state index in [2.05, 4.69) is 15.2 Å². The van der Waals surface area contributed by atoms with E-state index in [0.29, 0.717) is 15.3 Å². The fraction of sp³-hybridized carbons (Fsp3) is 0.200. The van der Waals surface area contributed by atoms with Gasteiger partial charge in [-0.3, -0.25) is 0 Å². The van der Waals surface area contributed by atoms with Crippen LogP contribution in [0.25, 0.3) is 22.6 Å². The summed E-state index contributed by atoms with van der Waals surface area (Å²) in [5, 5.41) is 6.42. The SMILES string of the molecule is CCS(=O)(=O)c1cc(-c2ccc(C(F)(F)F)c(Cl)c2)cnc1-n1nc2ccc(C(F)(F)F)nn2c1=O. The maximum atomic E-state index is 13.0. The summed E-state index contributed by atoms with van der Waals surface area (Å²) in [6, 6.07) is 5.29. The van der Waals surface area contributed by atoms with Crippen molar-refractivity contribution in [2.75, 3.05) is 5.75 Å². The number of rotatable bonds is 4. The summed E-state index contributed by atoms with van der Waals surface area (Å²) in [5.41, 5.74) is -3.86. The summed E-state index contributed by atoms with van der Waals surface area (Å²) in [6.07, 6.45) is -8.50. The maximum absolute atomic E-state index is 13.0. The average molecular weight is 552 g/mol. The minimum absolute atomic E-state index is 0.0516. The molecule has 3 heterocycles. The van der Waals surface area contributed by atoms with Crippen LogP contribution in [0.2, 0.25) is 5.02 Å². The zero-order chi connectivity index (χ0) is 26.6. The lowest BCUT2D eigenvalue weighted by atomic mass is 10.1. The van der Waals surface area contributed by atoms with E-state index in [-0.39, 0.29) is 16.8 Å². The van der Waals surface area contributed by atoms with Crippen LogP contribution in [0.1, 0.15) is 18.2 Å². The number of nitrogens with zero attached hydrogens (tertiary/aromatic N) is 5. The van der Waals surface area contributed by atoms with Crippen molar-refractivity contribution >= 4 is 27.1 Å². The Balaban J connectivity index is 1.92. The van der Waals surface area contributed by atoms with Crippen molar-refractivity contribution in [3.8, 4) is 16.9 Å². The van der Waals surface area contributed by atoms with Crippen LogP contribution in [0.3, 0.4) is 0 Å². The van der Waals surface area contributed by atoms with Gasteiger partial charge in [-0.2, -0.15) is 40.6 Å². The van der Waals surface area contributed by atoms with Gasteiger partial charge in [0.1, 0.15) is 4.90 Å². The van der Waals surface area contributed by atoms with Crippen LogP contribution in [0.15, 0.2) is 52.3 Å². The van der Waals surface area contributed by atoms with Gasteiger partial charge in [0.2, 0.25) is 0 Å². The second-order valence-corrected chi connectivity index (χ2v) is 9.98. The molecule has 0 aliphatic carbocycles. The van der Waals surface area contributed by atoms with Crippen LogP contribution in [0.4, 0.5) is 26.3 Å². The number of benzene rings is 1. The summed E-state index contributed by atoms with van der Waals surface area (Å²) in [5.74, 6) is -0.986. The lowest BCUT2D eigenvalue weighted by molar-refractivity contribution is -0.142. The van der Waals surface area contributed by atoms with E-state index in [1.165, 1.54) is 6.92 Å². The van der Waals surface area contributed by atoms with Gasteiger partial charge >= 0.3 is 18.0 Å². The first-order valence-electron chi connectivity index (χ1n) is 9.80. The predicted octanol–water partition coefficient (Wildman–Crippen LogP) is 4.43. The van der Waals surface area contributed by atoms with Gasteiger partial charge < -0.3 is 0 Å². The summed E-state index contributed by atoms with van der Waals surface area (Å²) in [7, 11) is -4.12. The van der Waals surface area contributed by atoms with Gasteiger partial charge in [0.05, 0.1) is 16.3 Å². The van der Waals surface area contributed by atoms with Gasteiger partial charge in [-0.05, 0) is 35.9 Å². The largest absolute Gasteiger partial charge is 0.435 e. The number of hydrogen-bond donors (Lipinski definition) is 0. The van der Waals surface area contributed by atoms with Gasteiger partial charge in [0, 0.05) is 11.8 Å². The molecule has 16 heteroatoms. The normalized spacial score (nSPS) is 12.9. The molecule has 0 bridgehead atoms. The van der Waals surface area contributed by atoms with Crippen molar-refractivity contribution in [2.24, 2.45) is 0 Å². The fourth-order valence-corrected chi connectivity index (χ4v) is 4.54. The van der Waals surface area contributed by atoms with Crippen molar-refractivity contribution in [2.45, 2.75) is 24.2 Å². The topological polar surface area (TPSA) is 99.2 Å². The van der Waals surface area contributed by atoms with Crippen LogP contribution < -0.4 is 5.69 Å². The first-order valence-corrected chi connectivity index (χ1v) is 11.8. The Morgan fingerprint density at radius 1 is 0.944 bits per heavy atom. The van der Waals surface area contributed by atoms with Crippen molar-refractivity contribution in [1.82, 2.24) is 24.4 Å². The highest BCUT2D eigenvalue weighted by Gasteiger charge is 2.34. The molecular weight excluding hydrogens is 540 g/mol. The van der Waals surface area contributed by atoms with Gasteiger partial charge in [0.25, 0.3) is 0 Å². The number of hydrogen-bond acceptors (Lipinski definition) is 6. The molecule has 36 heavy (non-hydrogen) atoms. The predicted molar refractivity (Wildman–Crippen MR) is 115 cm³/mol. The number of aromatic nitrogens is 5. The Bertz CT molecular complexity index is 1660. The number of fused-ring (bicyclic) bond motifs is 1. The molecule has 0 fully saturated rings. The molecule has 0 aliphatic rings. The van der Waals surface area contributed by atoms with Gasteiger partial charge in [-0.1, -0.05) is 24.6 Å². The zero-order valence-corrected chi connectivity index (χ0v) is 19.3. The van der Waals surface area contributed by atoms with Crippen LogP contribution in [0, 0.1) is 0 Å². The molecule has 0 amide bonds. The Kier molecular flexibility index (Phi) is 6.11. The molecule has 0 unspecified atom stereocenters. The average Bonchev–Trinajstić information content (AvgIpc) is 3.13. The minimum atomic E-state index is -4.85. The standard InChI is InChI=1S/C20H12ClF6N5O3S/c1-2-36(34,35)14-8-11(10-3-4-12(13(21)7-10)19(22,23)24)9-28-17(14)32-18(33)31-16(30-32)6-5-15(29-31)20(25,26)27/h3-9H,2H2,1H3. The molecule has 4 aromatic rings. The highest BCUT2D eigenvalue weighted by molar-refractivity contribution is 7.91. The molecule has 0 atom stereocenters. The monoisotopic (exact) mass is 551 g/mol. The van der Waals surface area contributed by atoms with Crippen LogP contribution in [0.5, 0.6) is 0 Å². The molecular formula is C20H12ClF6N5O3S. The smallest absolute Gasteiger partial charge is 0.243 e. The molecule has 0 radical (unpaired) electrons. The number of halogens is 7. The van der Waals surface area contributed by atoms with Crippen molar-refractivity contribution < 1.29 is 34.8 Å². The first kappa shape index (κ1) is 25.6. The second kappa shape index (κ2) is 8.58. The molecule has 1 aromatic carbocycles. The molecule has 190 valence electrons. The summed E-state index contributed by atoms with van der Waals surface area (Å²) in [4.78, 5) is 16.2. The molecule has 0 aliphatic heterocycles. The Morgan fingerprint density at radius 2 is 1.64 bits per heavy atom. The van der Waals surface area contributed by atoms with E-state index in [9.17, 15) is 39.6 Å². The van der Waals surface area contributed by atoms with E-state index >= 15 is 0 Å². The minimum Gasteiger partial charge on any atom is -0.243 e. The Hall–Kier alpha value is -3.46. The van der Waals surface area contributed by atoms with Crippen LogP contribution in [-0.4, -0.2) is 38.5 Å².